The fourth-order valence-electron chi connectivity index (χ4n) is 3.05. The first-order valence-corrected chi connectivity index (χ1v) is 6.99. The summed E-state index contributed by atoms with van der Waals surface area (Å²) in [6.45, 7) is 7.18. The molecule has 0 aromatic carbocycles. The molecule has 0 unspecified atom stereocenters. The van der Waals surface area contributed by atoms with Gasteiger partial charge in [0.25, 0.3) is 0 Å². The molecule has 2 rings (SSSR count). The van der Waals surface area contributed by atoms with Gasteiger partial charge in [-0.3, -0.25) is 9.59 Å². The van der Waals surface area contributed by atoms with Crippen LogP contribution in [0.2, 0.25) is 0 Å². The molecule has 1 aliphatic heterocycles. The van der Waals surface area contributed by atoms with Crippen molar-refractivity contribution >= 4 is 11.8 Å². The van der Waals surface area contributed by atoms with Crippen molar-refractivity contribution in [1.82, 2.24) is 10.2 Å². The van der Waals surface area contributed by atoms with E-state index in [1.54, 1.807) is 13.8 Å². The summed E-state index contributed by atoms with van der Waals surface area (Å²) in [6.07, 6.45) is 5.26. The molecule has 0 radical (unpaired) electrons. The van der Waals surface area contributed by atoms with Crippen LogP contribution < -0.4 is 5.32 Å². The Morgan fingerprint density at radius 2 is 1.94 bits per heavy atom. The Bertz CT molecular complexity index is 353. The van der Waals surface area contributed by atoms with Crippen molar-refractivity contribution in [1.29, 1.82) is 0 Å². The predicted octanol–water partition coefficient (Wildman–Crippen LogP) is 1.69. The number of nitrogens with one attached hydrogen (secondary N) is 1. The highest BCUT2D eigenvalue weighted by atomic mass is 16.2. The molecule has 2 aliphatic rings. The number of carbonyl (C=O) groups excluding carboxylic acids is 2. The van der Waals surface area contributed by atoms with Crippen molar-refractivity contribution in [3.8, 4) is 0 Å². The van der Waals surface area contributed by atoms with Gasteiger partial charge < -0.3 is 10.2 Å². The lowest BCUT2D eigenvalue weighted by Gasteiger charge is -2.45. The fourth-order valence-corrected chi connectivity index (χ4v) is 3.05. The van der Waals surface area contributed by atoms with Gasteiger partial charge in [-0.15, -0.1) is 0 Å². The fraction of sp³-hybridized carbons (Fsp3) is 0.857. The number of carbonyl (C=O) groups is 2. The molecule has 1 N–H and O–H groups in total. The summed E-state index contributed by atoms with van der Waals surface area (Å²) in [4.78, 5) is 26.0. The second-order valence-electron chi connectivity index (χ2n) is 6.36. The first-order chi connectivity index (χ1) is 8.38. The minimum Gasteiger partial charge on any atom is -0.342 e. The first kappa shape index (κ1) is 13.4. The summed E-state index contributed by atoms with van der Waals surface area (Å²) >= 11 is 0. The Labute approximate surface area is 109 Å². The van der Waals surface area contributed by atoms with Crippen molar-refractivity contribution in [3.05, 3.63) is 0 Å². The average molecular weight is 252 g/mol. The molecule has 0 atom stereocenters. The van der Waals surface area contributed by atoms with Crippen LogP contribution >= 0.6 is 0 Å². The molecule has 18 heavy (non-hydrogen) atoms. The predicted molar refractivity (Wildman–Crippen MR) is 70.0 cm³/mol. The van der Waals surface area contributed by atoms with Crippen molar-refractivity contribution < 1.29 is 9.59 Å². The SMILES string of the molecule is CCC1(CN2CCC(=O)NC(C)(C)C2=O)CCC1. The van der Waals surface area contributed by atoms with Crippen LogP contribution in [0.25, 0.3) is 0 Å². The summed E-state index contributed by atoms with van der Waals surface area (Å²) in [7, 11) is 0. The molecule has 1 aliphatic carbocycles. The van der Waals surface area contributed by atoms with Crippen LogP contribution in [0.15, 0.2) is 0 Å². The van der Waals surface area contributed by atoms with Crippen molar-refractivity contribution in [2.24, 2.45) is 5.41 Å². The molecule has 4 heteroatoms. The van der Waals surface area contributed by atoms with Crippen molar-refractivity contribution in [3.63, 3.8) is 0 Å². The van der Waals surface area contributed by atoms with E-state index < -0.39 is 5.54 Å². The summed E-state index contributed by atoms with van der Waals surface area (Å²) in [6, 6.07) is 0. The number of hydrogen-bond acceptors (Lipinski definition) is 2. The lowest BCUT2D eigenvalue weighted by atomic mass is 9.66. The van der Waals surface area contributed by atoms with Crippen LogP contribution in [0.1, 0.15) is 52.9 Å². The highest BCUT2D eigenvalue weighted by Crippen LogP contribution is 2.44. The molecular formula is C14H24N2O2. The molecule has 1 saturated carbocycles. The smallest absolute Gasteiger partial charge is 0.247 e. The Hall–Kier alpha value is -1.06. The van der Waals surface area contributed by atoms with E-state index in [0.29, 0.717) is 18.4 Å². The Morgan fingerprint density at radius 1 is 1.28 bits per heavy atom. The molecule has 1 heterocycles. The highest BCUT2D eigenvalue weighted by molar-refractivity contribution is 5.92. The van der Waals surface area contributed by atoms with E-state index >= 15 is 0 Å². The molecule has 0 spiro atoms. The summed E-state index contributed by atoms with van der Waals surface area (Å²) in [5, 5.41) is 2.81. The molecular weight excluding hydrogens is 228 g/mol. The maximum Gasteiger partial charge on any atom is 0.247 e. The van der Waals surface area contributed by atoms with Crippen LogP contribution in [-0.4, -0.2) is 35.3 Å². The highest BCUT2D eigenvalue weighted by Gasteiger charge is 2.42. The zero-order valence-corrected chi connectivity index (χ0v) is 11.7. The van der Waals surface area contributed by atoms with E-state index in [1.165, 1.54) is 19.3 Å². The molecule has 0 aromatic rings. The molecule has 2 amide bonds. The lowest BCUT2D eigenvalue weighted by molar-refractivity contribution is -0.139. The summed E-state index contributed by atoms with van der Waals surface area (Å²) in [5.41, 5.74) is -0.439. The van der Waals surface area contributed by atoms with Gasteiger partial charge in [0.1, 0.15) is 5.54 Å². The Morgan fingerprint density at radius 3 is 2.44 bits per heavy atom. The van der Waals surface area contributed by atoms with Crippen LogP contribution in [-0.2, 0) is 9.59 Å². The van der Waals surface area contributed by atoms with E-state index in [1.807, 2.05) is 4.90 Å². The lowest BCUT2D eigenvalue weighted by Crippen LogP contribution is -2.55. The van der Waals surface area contributed by atoms with Crippen LogP contribution in [0, 0.1) is 5.41 Å². The average Bonchev–Trinajstić information content (AvgIpc) is 2.33. The van der Waals surface area contributed by atoms with E-state index in [2.05, 4.69) is 12.2 Å². The van der Waals surface area contributed by atoms with Gasteiger partial charge in [-0.25, -0.2) is 0 Å². The zero-order chi connectivity index (χ0) is 13.4. The Balaban J connectivity index is 2.11. The normalized spacial score (nSPS) is 26.3. The molecule has 2 fully saturated rings. The van der Waals surface area contributed by atoms with Gasteiger partial charge in [0.05, 0.1) is 0 Å². The largest absolute Gasteiger partial charge is 0.342 e. The molecule has 1 saturated heterocycles. The zero-order valence-electron chi connectivity index (χ0n) is 11.7. The second-order valence-corrected chi connectivity index (χ2v) is 6.36. The van der Waals surface area contributed by atoms with Gasteiger partial charge in [0, 0.05) is 19.5 Å². The topological polar surface area (TPSA) is 49.4 Å². The van der Waals surface area contributed by atoms with E-state index in [-0.39, 0.29) is 11.8 Å². The minimum atomic E-state index is -0.758. The first-order valence-electron chi connectivity index (χ1n) is 6.99. The van der Waals surface area contributed by atoms with Crippen molar-refractivity contribution in [2.75, 3.05) is 13.1 Å². The molecule has 102 valence electrons. The van der Waals surface area contributed by atoms with Crippen LogP contribution in [0.4, 0.5) is 0 Å². The van der Waals surface area contributed by atoms with E-state index in [4.69, 9.17) is 0 Å². The summed E-state index contributed by atoms with van der Waals surface area (Å²) < 4.78 is 0. The van der Waals surface area contributed by atoms with Crippen molar-refractivity contribution in [2.45, 2.75) is 58.4 Å². The maximum absolute atomic E-state index is 12.5. The monoisotopic (exact) mass is 252 g/mol. The van der Waals surface area contributed by atoms with E-state index in [9.17, 15) is 9.59 Å². The standard InChI is InChI=1S/C14H24N2O2/c1-4-14(7-5-8-14)10-16-9-6-11(17)15-13(2,3)12(16)18/h4-10H2,1-3H3,(H,15,17). The Kier molecular flexibility index (Phi) is 3.39. The quantitative estimate of drug-likeness (QED) is 0.831. The second kappa shape index (κ2) is 4.56. The third kappa shape index (κ3) is 2.38. The maximum atomic E-state index is 12.5. The number of nitrogens with zero attached hydrogens (tertiary/aromatic N) is 1. The van der Waals surface area contributed by atoms with Crippen LogP contribution in [0.5, 0.6) is 0 Å². The van der Waals surface area contributed by atoms with Gasteiger partial charge in [-0.05, 0) is 38.5 Å². The van der Waals surface area contributed by atoms with Gasteiger partial charge >= 0.3 is 0 Å². The summed E-state index contributed by atoms with van der Waals surface area (Å²) in [5.74, 6) is 0.0445. The van der Waals surface area contributed by atoms with Gasteiger partial charge in [-0.1, -0.05) is 13.3 Å². The molecule has 0 bridgehead atoms. The third-order valence-corrected chi connectivity index (χ3v) is 4.57. The van der Waals surface area contributed by atoms with Crippen LogP contribution in [0.3, 0.4) is 0 Å². The van der Waals surface area contributed by atoms with E-state index in [0.717, 1.165) is 13.0 Å². The number of amides is 2. The van der Waals surface area contributed by atoms with Gasteiger partial charge in [-0.2, -0.15) is 0 Å². The number of rotatable bonds is 3. The molecule has 4 nitrogen and oxygen atoms in total. The van der Waals surface area contributed by atoms with Gasteiger partial charge in [0.15, 0.2) is 0 Å². The molecule has 0 aromatic heterocycles. The number of hydrogen-bond donors (Lipinski definition) is 1. The third-order valence-electron chi connectivity index (χ3n) is 4.57. The van der Waals surface area contributed by atoms with Gasteiger partial charge in [0.2, 0.25) is 11.8 Å². The minimum absolute atomic E-state index is 0.0185.